The van der Waals surface area contributed by atoms with Crippen LogP contribution >= 0.6 is 11.3 Å². The molecule has 1 aromatic heterocycles. The second kappa shape index (κ2) is 6.16. The fourth-order valence-corrected chi connectivity index (χ4v) is 3.00. The number of carbonyl (C=O) groups is 2. The van der Waals surface area contributed by atoms with Crippen LogP contribution in [0.1, 0.15) is 22.3 Å². The van der Waals surface area contributed by atoms with E-state index in [1.54, 1.807) is 11.3 Å². The Bertz CT molecular complexity index is 464. The Kier molecular flexibility index (Phi) is 4.55. The highest BCUT2D eigenvalue weighted by Gasteiger charge is 2.23. The van der Waals surface area contributed by atoms with Crippen molar-refractivity contribution >= 4 is 23.2 Å². The van der Waals surface area contributed by atoms with Crippen LogP contribution in [-0.4, -0.2) is 59.5 Å². The van der Waals surface area contributed by atoms with Crippen molar-refractivity contribution in [1.82, 2.24) is 9.80 Å². The molecule has 1 amide bonds. The number of aliphatic carboxylic acids is 1. The number of carboxylic acid groups (broad SMARTS) is 1. The van der Waals surface area contributed by atoms with Crippen molar-refractivity contribution in [2.75, 3.05) is 32.7 Å². The second-order valence-corrected chi connectivity index (χ2v) is 5.49. The number of carbonyl (C=O) groups excluding carboxylic acids is 1. The molecule has 0 atom stereocenters. The lowest BCUT2D eigenvalue weighted by Gasteiger charge is -2.34. The SMILES string of the molecule is Cc1cscc1C(=O)N1CCN(CCC(=O)O)CC1. The smallest absolute Gasteiger partial charge is 0.304 e. The minimum absolute atomic E-state index is 0.0941. The monoisotopic (exact) mass is 282 g/mol. The lowest BCUT2D eigenvalue weighted by molar-refractivity contribution is -0.137. The lowest BCUT2D eigenvalue weighted by atomic mass is 10.2. The van der Waals surface area contributed by atoms with Gasteiger partial charge < -0.3 is 10.0 Å². The maximum absolute atomic E-state index is 12.3. The molecule has 1 aliphatic rings. The van der Waals surface area contributed by atoms with Crippen LogP contribution in [0.15, 0.2) is 10.8 Å². The van der Waals surface area contributed by atoms with Gasteiger partial charge in [-0.05, 0) is 17.9 Å². The molecule has 0 saturated carbocycles. The summed E-state index contributed by atoms with van der Waals surface area (Å²) in [5, 5.41) is 12.5. The lowest BCUT2D eigenvalue weighted by Crippen LogP contribution is -2.49. The average Bonchev–Trinajstić information content (AvgIpc) is 2.82. The van der Waals surface area contributed by atoms with Gasteiger partial charge in [-0.25, -0.2) is 0 Å². The Labute approximate surface area is 116 Å². The summed E-state index contributed by atoms with van der Waals surface area (Å²) < 4.78 is 0. The molecule has 5 nitrogen and oxygen atoms in total. The van der Waals surface area contributed by atoms with Gasteiger partial charge >= 0.3 is 5.97 Å². The Hall–Kier alpha value is -1.40. The van der Waals surface area contributed by atoms with Crippen molar-refractivity contribution in [1.29, 1.82) is 0 Å². The van der Waals surface area contributed by atoms with E-state index in [1.165, 1.54) is 0 Å². The molecule has 19 heavy (non-hydrogen) atoms. The number of thiophene rings is 1. The van der Waals surface area contributed by atoms with Gasteiger partial charge in [0.1, 0.15) is 0 Å². The van der Waals surface area contributed by atoms with E-state index < -0.39 is 5.97 Å². The number of hydrogen-bond donors (Lipinski definition) is 1. The molecule has 1 saturated heterocycles. The molecule has 0 aliphatic carbocycles. The maximum Gasteiger partial charge on any atom is 0.304 e. The Morgan fingerprint density at radius 2 is 1.95 bits per heavy atom. The molecule has 104 valence electrons. The van der Waals surface area contributed by atoms with Gasteiger partial charge in [-0.1, -0.05) is 0 Å². The van der Waals surface area contributed by atoms with Gasteiger partial charge in [-0.15, -0.1) is 0 Å². The minimum atomic E-state index is -0.771. The van der Waals surface area contributed by atoms with Gasteiger partial charge in [0.05, 0.1) is 12.0 Å². The first-order valence-corrected chi connectivity index (χ1v) is 7.28. The standard InChI is InChI=1S/C13H18N2O3S/c1-10-8-19-9-11(10)13(18)15-6-4-14(5-7-15)3-2-12(16)17/h8-9H,2-7H2,1H3,(H,16,17). The van der Waals surface area contributed by atoms with E-state index >= 15 is 0 Å². The van der Waals surface area contributed by atoms with E-state index in [0.717, 1.165) is 24.2 Å². The zero-order valence-corrected chi connectivity index (χ0v) is 11.8. The summed E-state index contributed by atoms with van der Waals surface area (Å²) in [6.45, 7) is 5.37. The first kappa shape index (κ1) is 14.0. The number of carboxylic acids is 1. The summed E-state index contributed by atoms with van der Waals surface area (Å²) in [6, 6.07) is 0. The third kappa shape index (κ3) is 3.54. The summed E-state index contributed by atoms with van der Waals surface area (Å²) >= 11 is 1.55. The normalized spacial score (nSPS) is 16.6. The van der Waals surface area contributed by atoms with Gasteiger partial charge in [0.15, 0.2) is 0 Å². The number of hydrogen-bond acceptors (Lipinski definition) is 4. The van der Waals surface area contributed by atoms with Gasteiger partial charge in [0.25, 0.3) is 5.91 Å². The van der Waals surface area contributed by atoms with Crippen molar-refractivity contribution in [3.05, 3.63) is 21.9 Å². The van der Waals surface area contributed by atoms with Gasteiger partial charge in [0.2, 0.25) is 0 Å². The van der Waals surface area contributed by atoms with Crippen LogP contribution < -0.4 is 0 Å². The number of nitrogens with zero attached hydrogens (tertiary/aromatic N) is 2. The molecule has 1 aliphatic heterocycles. The molecule has 2 rings (SSSR count). The number of rotatable bonds is 4. The fraction of sp³-hybridized carbons (Fsp3) is 0.538. The topological polar surface area (TPSA) is 60.9 Å². The first-order chi connectivity index (χ1) is 9.08. The van der Waals surface area contributed by atoms with Crippen LogP contribution in [0, 0.1) is 6.92 Å². The van der Waals surface area contributed by atoms with Crippen LogP contribution in [-0.2, 0) is 4.79 Å². The van der Waals surface area contributed by atoms with E-state index in [9.17, 15) is 9.59 Å². The summed E-state index contributed by atoms with van der Waals surface area (Å²) in [4.78, 5) is 26.7. The summed E-state index contributed by atoms with van der Waals surface area (Å²) in [5.74, 6) is -0.677. The van der Waals surface area contributed by atoms with Crippen LogP contribution in [0.5, 0.6) is 0 Å². The molecule has 0 unspecified atom stereocenters. The van der Waals surface area contributed by atoms with E-state index in [2.05, 4.69) is 4.90 Å². The Balaban J connectivity index is 1.85. The third-order valence-corrected chi connectivity index (χ3v) is 4.25. The van der Waals surface area contributed by atoms with Crippen LogP contribution in [0.4, 0.5) is 0 Å². The van der Waals surface area contributed by atoms with Crippen molar-refractivity contribution < 1.29 is 14.7 Å². The molecule has 0 aromatic carbocycles. The molecule has 1 N–H and O–H groups in total. The van der Waals surface area contributed by atoms with Crippen molar-refractivity contribution in [2.24, 2.45) is 0 Å². The van der Waals surface area contributed by atoms with Crippen LogP contribution in [0.25, 0.3) is 0 Å². The highest BCUT2D eigenvalue weighted by atomic mass is 32.1. The fourth-order valence-electron chi connectivity index (χ4n) is 2.18. The highest BCUT2D eigenvalue weighted by molar-refractivity contribution is 7.08. The molecule has 1 fully saturated rings. The van der Waals surface area contributed by atoms with Gasteiger partial charge in [-0.3, -0.25) is 14.5 Å². The molecule has 0 spiro atoms. The maximum atomic E-state index is 12.3. The molecular formula is C13H18N2O3S. The molecule has 0 radical (unpaired) electrons. The first-order valence-electron chi connectivity index (χ1n) is 6.34. The predicted molar refractivity (Wildman–Crippen MR) is 73.7 cm³/mol. The van der Waals surface area contributed by atoms with Crippen LogP contribution in [0.3, 0.4) is 0 Å². The third-order valence-electron chi connectivity index (χ3n) is 3.39. The second-order valence-electron chi connectivity index (χ2n) is 4.75. The van der Waals surface area contributed by atoms with E-state index in [1.807, 2.05) is 22.6 Å². The summed E-state index contributed by atoms with van der Waals surface area (Å²) in [7, 11) is 0. The quantitative estimate of drug-likeness (QED) is 0.904. The number of piperazine rings is 1. The van der Waals surface area contributed by atoms with Gasteiger partial charge in [-0.2, -0.15) is 11.3 Å². The van der Waals surface area contributed by atoms with E-state index in [0.29, 0.717) is 19.6 Å². The number of amides is 1. The highest BCUT2D eigenvalue weighted by Crippen LogP contribution is 2.17. The Morgan fingerprint density at radius 3 is 2.47 bits per heavy atom. The van der Waals surface area contributed by atoms with Crippen molar-refractivity contribution in [3.63, 3.8) is 0 Å². The van der Waals surface area contributed by atoms with E-state index in [4.69, 9.17) is 5.11 Å². The molecular weight excluding hydrogens is 264 g/mol. The zero-order valence-electron chi connectivity index (χ0n) is 11.0. The Morgan fingerprint density at radius 1 is 1.26 bits per heavy atom. The van der Waals surface area contributed by atoms with Gasteiger partial charge in [0, 0.05) is 38.1 Å². The summed E-state index contributed by atoms with van der Waals surface area (Å²) in [6.07, 6.45) is 0.164. The van der Waals surface area contributed by atoms with E-state index in [-0.39, 0.29) is 12.3 Å². The van der Waals surface area contributed by atoms with Crippen molar-refractivity contribution in [2.45, 2.75) is 13.3 Å². The zero-order chi connectivity index (χ0) is 13.8. The largest absolute Gasteiger partial charge is 0.481 e. The molecule has 1 aromatic rings. The average molecular weight is 282 g/mol. The van der Waals surface area contributed by atoms with Crippen LogP contribution in [0.2, 0.25) is 0 Å². The molecule has 2 heterocycles. The molecule has 0 bridgehead atoms. The minimum Gasteiger partial charge on any atom is -0.481 e. The predicted octanol–water partition coefficient (Wildman–Crippen LogP) is 1.29. The summed E-state index contributed by atoms with van der Waals surface area (Å²) in [5.41, 5.74) is 1.83. The van der Waals surface area contributed by atoms with Crippen molar-refractivity contribution in [3.8, 4) is 0 Å². The molecule has 6 heteroatoms. The number of aryl methyl sites for hydroxylation is 1.